The summed E-state index contributed by atoms with van der Waals surface area (Å²) in [5.74, 6) is 0. The maximum Gasteiger partial charge on any atom is 0.0249 e. The van der Waals surface area contributed by atoms with E-state index in [1.165, 1.54) is 70.6 Å². The molecular weight excluding hydrogens is 244 g/mol. The van der Waals surface area contributed by atoms with Crippen LogP contribution in [-0.4, -0.2) is 29.6 Å². The quantitative estimate of drug-likeness (QED) is 0.811. The summed E-state index contributed by atoms with van der Waals surface area (Å²) < 4.78 is 0. The molecule has 1 aliphatic rings. The zero-order chi connectivity index (χ0) is 15.0. The van der Waals surface area contributed by atoms with E-state index in [0.29, 0.717) is 12.1 Å². The first-order valence-corrected chi connectivity index (χ1v) is 8.97. The molecule has 2 N–H and O–H groups in total. The van der Waals surface area contributed by atoms with E-state index in [-0.39, 0.29) is 5.54 Å². The molecule has 0 saturated heterocycles. The number of nitrogens with zero attached hydrogens (tertiary/aromatic N) is 1. The van der Waals surface area contributed by atoms with Crippen molar-refractivity contribution in [3.05, 3.63) is 0 Å². The molecule has 2 unspecified atom stereocenters. The fourth-order valence-corrected chi connectivity index (χ4v) is 3.38. The van der Waals surface area contributed by atoms with Crippen LogP contribution in [-0.2, 0) is 0 Å². The average Bonchev–Trinajstić information content (AvgIpc) is 2.42. The van der Waals surface area contributed by atoms with Gasteiger partial charge in [0.1, 0.15) is 0 Å². The van der Waals surface area contributed by atoms with Gasteiger partial charge in [-0.05, 0) is 40.2 Å². The molecule has 0 heterocycles. The average molecular weight is 283 g/mol. The molecule has 2 atom stereocenters. The second-order valence-corrected chi connectivity index (χ2v) is 7.41. The molecule has 0 bridgehead atoms. The summed E-state index contributed by atoms with van der Waals surface area (Å²) in [5.41, 5.74) is 6.83. The summed E-state index contributed by atoms with van der Waals surface area (Å²) in [7, 11) is 2.29. The van der Waals surface area contributed by atoms with Crippen molar-refractivity contribution in [2.45, 2.75) is 109 Å². The second-order valence-electron chi connectivity index (χ2n) is 7.41. The van der Waals surface area contributed by atoms with Gasteiger partial charge in [0.2, 0.25) is 0 Å². The Hall–Kier alpha value is -0.0800. The molecular formula is C18H38N2. The van der Waals surface area contributed by atoms with E-state index in [2.05, 4.69) is 32.7 Å². The Morgan fingerprint density at radius 2 is 1.35 bits per heavy atom. The lowest BCUT2D eigenvalue weighted by molar-refractivity contribution is 0.0726. The highest BCUT2D eigenvalue weighted by atomic mass is 15.2. The van der Waals surface area contributed by atoms with E-state index in [4.69, 9.17) is 5.73 Å². The molecule has 0 aromatic heterocycles. The van der Waals surface area contributed by atoms with E-state index >= 15 is 0 Å². The van der Waals surface area contributed by atoms with Crippen LogP contribution in [0.5, 0.6) is 0 Å². The third kappa shape index (κ3) is 5.73. The van der Waals surface area contributed by atoms with Gasteiger partial charge in [-0.25, -0.2) is 0 Å². The van der Waals surface area contributed by atoms with Gasteiger partial charge in [0.05, 0.1) is 0 Å². The molecule has 0 spiro atoms. The topological polar surface area (TPSA) is 29.3 Å². The van der Waals surface area contributed by atoms with Crippen LogP contribution in [0.3, 0.4) is 0 Å². The molecule has 0 amide bonds. The standard InChI is InChI=1S/C18H38N2/c1-5-18(2,3)20(4)17-15-13-11-9-7-6-8-10-12-14-16(17)19/h16-17H,5-15,19H2,1-4H3. The summed E-state index contributed by atoms with van der Waals surface area (Å²) in [6.07, 6.45) is 14.8. The molecule has 120 valence electrons. The fourth-order valence-electron chi connectivity index (χ4n) is 3.38. The number of rotatable bonds is 3. The molecule has 20 heavy (non-hydrogen) atoms. The smallest absolute Gasteiger partial charge is 0.0249 e. The first kappa shape index (κ1) is 18.0. The lowest BCUT2D eigenvalue weighted by Crippen LogP contribution is -2.54. The van der Waals surface area contributed by atoms with Gasteiger partial charge in [-0.15, -0.1) is 0 Å². The Balaban J connectivity index is 2.65. The summed E-state index contributed by atoms with van der Waals surface area (Å²) in [6.45, 7) is 7.00. The van der Waals surface area contributed by atoms with Crippen molar-refractivity contribution in [1.29, 1.82) is 0 Å². The lowest BCUT2D eigenvalue weighted by Gasteiger charge is -2.43. The van der Waals surface area contributed by atoms with E-state index in [9.17, 15) is 0 Å². The SMILES string of the molecule is CCC(C)(C)N(C)C1CCCCCCCCCCC1N. The minimum atomic E-state index is 0.263. The van der Waals surface area contributed by atoms with Gasteiger partial charge in [-0.3, -0.25) is 4.90 Å². The molecule has 2 nitrogen and oxygen atoms in total. The molecule has 1 saturated carbocycles. The highest BCUT2D eigenvalue weighted by molar-refractivity contribution is 4.89. The zero-order valence-corrected chi connectivity index (χ0v) is 14.5. The molecule has 0 aromatic rings. The van der Waals surface area contributed by atoms with Gasteiger partial charge in [-0.1, -0.05) is 58.3 Å². The first-order valence-electron chi connectivity index (χ1n) is 8.97. The Labute approximate surface area is 127 Å². The number of hydrogen-bond acceptors (Lipinski definition) is 2. The monoisotopic (exact) mass is 282 g/mol. The number of nitrogens with two attached hydrogens (primary N) is 1. The largest absolute Gasteiger partial charge is 0.326 e. The van der Waals surface area contributed by atoms with Crippen LogP contribution in [0.4, 0.5) is 0 Å². The molecule has 1 aliphatic carbocycles. The summed E-state index contributed by atoms with van der Waals surface area (Å²) in [5, 5.41) is 0. The Kier molecular flexibility index (Phi) is 8.13. The molecule has 2 heteroatoms. The van der Waals surface area contributed by atoms with Crippen LogP contribution in [0.15, 0.2) is 0 Å². The van der Waals surface area contributed by atoms with Gasteiger partial charge in [0.15, 0.2) is 0 Å². The van der Waals surface area contributed by atoms with E-state index in [1.807, 2.05) is 0 Å². The summed E-state index contributed by atoms with van der Waals surface area (Å²) >= 11 is 0. The van der Waals surface area contributed by atoms with E-state index < -0.39 is 0 Å². The van der Waals surface area contributed by atoms with Gasteiger partial charge in [0.25, 0.3) is 0 Å². The van der Waals surface area contributed by atoms with Crippen LogP contribution in [0.2, 0.25) is 0 Å². The molecule has 0 radical (unpaired) electrons. The molecule has 0 aliphatic heterocycles. The highest BCUT2D eigenvalue weighted by Gasteiger charge is 2.31. The van der Waals surface area contributed by atoms with Gasteiger partial charge < -0.3 is 5.73 Å². The van der Waals surface area contributed by atoms with Crippen molar-refractivity contribution in [2.24, 2.45) is 5.73 Å². The number of hydrogen-bond donors (Lipinski definition) is 1. The van der Waals surface area contributed by atoms with E-state index in [0.717, 1.165) is 0 Å². The minimum Gasteiger partial charge on any atom is -0.326 e. The van der Waals surface area contributed by atoms with Crippen molar-refractivity contribution in [3.8, 4) is 0 Å². The summed E-state index contributed by atoms with van der Waals surface area (Å²) in [4.78, 5) is 2.57. The van der Waals surface area contributed by atoms with Gasteiger partial charge in [0, 0.05) is 17.6 Å². The van der Waals surface area contributed by atoms with Crippen LogP contribution >= 0.6 is 0 Å². The number of likely N-dealkylation sites (N-methyl/N-ethyl adjacent to an activating group) is 1. The molecule has 0 aromatic carbocycles. The highest BCUT2D eigenvalue weighted by Crippen LogP contribution is 2.26. The van der Waals surface area contributed by atoms with Crippen molar-refractivity contribution in [1.82, 2.24) is 4.90 Å². The van der Waals surface area contributed by atoms with Crippen molar-refractivity contribution < 1.29 is 0 Å². The van der Waals surface area contributed by atoms with Crippen molar-refractivity contribution in [2.75, 3.05) is 7.05 Å². The van der Waals surface area contributed by atoms with Crippen molar-refractivity contribution in [3.63, 3.8) is 0 Å². The summed E-state index contributed by atoms with van der Waals surface area (Å²) in [6, 6.07) is 0.912. The predicted molar refractivity (Wildman–Crippen MR) is 90.1 cm³/mol. The fraction of sp³-hybridized carbons (Fsp3) is 1.00. The van der Waals surface area contributed by atoms with Crippen LogP contribution < -0.4 is 5.73 Å². The van der Waals surface area contributed by atoms with Crippen LogP contribution in [0.1, 0.15) is 91.4 Å². The first-order chi connectivity index (χ1) is 9.49. The van der Waals surface area contributed by atoms with Crippen LogP contribution in [0, 0.1) is 0 Å². The molecule has 1 rings (SSSR count). The minimum absolute atomic E-state index is 0.263. The maximum atomic E-state index is 6.57. The zero-order valence-electron chi connectivity index (χ0n) is 14.5. The third-order valence-corrected chi connectivity index (χ3v) is 5.60. The van der Waals surface area contributed by atoms with Crippen LogP contribution in [0.25, 0.3) is 0 Å². The Morgan fingerprint density at radius 1 is 0.900 bits per heavy atom. The van der Waals surface area contributed by atoms with Crippen molar-refractivity contribution >= 4 is 0 Å². The van der Waals surface area contributed by atoms with Gasteiger partial charge >= 0.3 is 0 Å². The third-order valence-electron chi connectivity index (χ3n) is 5.60. The van der Waals surface area contributed by atoms with Gasteiger partial charge in [-0.2, -0.15) is 0 Å². The molecule has 1 fully saturated rings. The second kappa shape index (κ2) is 9.04. The maximum absolute atomic E-state index is 6.57. The normalized spacial score (nSPS) is 27.9. The Morgan fingerprint density at radius 3 is 1.85 bits per heavy atom. The lowest BCUT2D eigenvalue weighted by atomic mass is 9.89. The Bertz CT molecular complexity index is 250. The van der Waals surface area contributed by atoms with E-state index in [1.54, 1.807) is 0 Å². The predicted octanol–water partition coefficient (Wildman–Crippen LogP) is 4.72.